The van der Waals surface area contributed by atoms with Crippen molar-refractivity contribution in [1.82, 2.24) is 4.98 Å². The van der Waals surface area contributed by atoms with Crippen LogP contribution in [0.25, 0.3) is 0 Å². The minimum atomic E-state index is -1.49. The Morgan fingerprint density at radius 2 is 1.88 bits per heavy atom. The lowest BCUT2D eigenvalue weighted by Gasteiger charge is -2.39. The maximum atomic E-state index is 10.1. The van der Waals surface area contributed by atoms with Crippen LogP contribution in [0.5, 0.6) is 5.88 Å². The van der Waals surface area contributed by atoms with E-state index in [0.717, 1.165) is 16.7 Å². The Balaban J connectivity index is 1.79. The Labute approximate surface area is 151 Å². The highest BCUT2D eigenvalue weighted by Gasteiger charge is 2.45. The first-order chi connectivity index (χ1) is 12.5. The Hall–Kier alpha value is -2.03. The van der Waals surface area contributed by atoms with Crippen LogP contribution in [-0.2, 0) is 11.2 Å². The van der Waals surface area contributed by atoms with Gasteiger partial charge < -0.3 is 29.9 Å². The van der Waals surface area contributed by atoms with Crippen molar-refractivity contribution in [3.05, 3.63) is 59.3 Å². The van der Waals surface area contributed by atoms with Gasteiger partial charge in [-0.1, -0.05) is 35.9 Å². The zero-order valence-electron chi connectivity index (χ0n) is 14.4. The Bertz CT molecular complexity index is 737. The molecule has 0 aliphatic carbocycles. The first-order valence-corrected chi connectivity index (χ1v) is 8.46. The van der Waals surface area contributed by atoms with Crippen molar-refractivity contribution < 1.29 is 29.9 Å². The smallest absolute Gasteiger partial charge is 0.231 e. The minimum Gasteiger partial charge on any atom is -0.445 e. The second kappa shape index (κ2) is 8.11. The molecule has 0 unspecified atom stereocenters. The van der Waals surface area contributed by atoms with Crippen LogP contribution in [0.15, 0.2) is 42.6 Å². The SMILES string of the molecule is Cc1cccc(Cc2cccnc2O[C@@H]2O[C@H](CO)[C@@H](O)[C@H](O)[C@H]2O)c1. The van der Waals surface area contributed by atoms with E-state index >= 15 is 0 Å². The summed E-state index contributed by atoms with van der Waals surface area (Å²) in [5.74, 6) is 0.262. The molecular formula is C19H23NO6. The summed E-state index contributed by atoms with van der Waals surface area (Å²) in [7, 11) is 0. The highest BCUT2D eigenvalue weighted by Crippen LogP contribution is 2.26. The van der Waals surface area contributed by atoms with E-state index in [1.807, 2.05) is 31.2 Å². The molecule has 5 atom stereocenters. The molecule has 1 aromatic heterocycles. The molecule has 7 heteroatoms. The van der Waals surface area contributed by atoms with Gasteiger partial charge in [0, 0.05) is 18.2 Å². The molecule has 26 heavy (non-hydrogen) atoms. The van der Waals surface area contributed by atoms with E-state index in [1.165, 1.54) is 0 Å². The van der Waals surface area contributed by atoms with E-state index in [1.54, 1.807) is 12.3 Å². The summed E-state index contributed by atoms with van der Waals surface area (Å²) >= 11 is 0. The van der Waals surface area contributed by atoms with Gasteiger partial charge in [-0.25, -0.2) is 4.98 Å². The zero-order valence-corrected chi connectivity index (χ0v) is 14.4. The maximum absolute atomic E-state index is 10.1. The topological polar surface area (TPSA) is 112 Å². The number of aryl methyl sites for hydroxylation is 1. The molecule has 0 radical (unpaired) electrons. The maximum Gasteiger partial charge on any atom is 0.231 e. The lowest BCUT2D eigenvalue weighted by molar-refractivity contribution is -0.278. The van der Waals surface area contributed by atoms with Crippen molar-refractivity contribution in [2.24, 2.45) is 0 Å². The number of aromatic nitrogens is 1. The number of hydrogen-bond donors (Lipinski definition) is 4. The van der Waals surface area contributed by atoms with Gasteiger partial charge >= 0.3 is 0 Å². The van der Waals surface area contributed by atoms with Gasteiger partial charge in [0.1, 0.15) is 24.4 Å². The predicted octanol–water partition coefficient (Wildman–Crippen LogP) is 0.160. The van der Waals surface area contributed by atoms with Crippen LogP contribution in [-0.4, -0.2) is 62.7 Å². The van der Waals surface area contributed by atoms with Crippen LogP contribution in [0.3, 0.4) is 0 Å². The Morgan fingerprint density at radius 3 is 2.62 bits per heavy atom. The number of benzene rings is 1. The number of pyridine rings is 1. The summed E-state index contributed by atoms with van der Waals surface area (Å²) in [6.45, 7) is 1.50. The number of ether oxygens (including phenoxy) is 2. The number of nitrogens with zero attached hydrogens (tertiary/aromatic N) is 1. The van der Waals surface area contributed by atoms with Crippen LogP contribution in [0.1, 0.15) is 16.7 Å². The largest absolute Gasteiger partial charge is 0.445 e. The fourth-order valence-electron chi connectivity index (χ4n) is 2.98. The first-order valence-electron chi connectivity index (χ1n) is 8.46. The molecule has 4 N–H and O–H groups in total. The van der Waals surface area contributed by atoms with Gasteiger partial charge in [0.25, 0.3) is 0 Å². The minimum absolute atomic E-state index is 0.262. The van der Waals surface area contributed by atoms with Crippen LogP contribution in [0.4, 0.5) is 0 Å². The monoisotopic (exact) mass is 361 g/mol. The van der Waals surface area contributed by atoms with Crippen LogP contribution in [0, 0.1) is 6.92 Å². The number of rotatable bonds is 5. The quantitative estimate of drug-likeness (QED) is 0.600. The summed E-state index contributed by atoms with van der Waals surface area (Å²) < 4.78 is 11.1. The number of aliphatic hydroxyl groups excluding tert-OH is 4. The summed E-state index contributed by atoms with van der Waals surface area (Å²) in [6, 6.07) is 11.7. The van der Waals surface area contributed by atoms with Crippen molar-refractivity contribution in [1.29, 1.82) is 0 Å². The first kappa shape index (κ1) is 18.8. The molecule has 1 aliphatic rings. The van der Waals surface area contributed by atoms with Crippen LogP contribution >= 0.6 is 0 Å². The molecule has 1 fully saturated rings. The van der Waals surface area contributed by atoms with Gasteiger partial charge in [0.15, 0.2) is 0 Å². The van der Waals surface area contributed by atoms with Gasteiger partial charge in [-0.2, -0.15) is 0 Å². The van der Waals surface area contributed by atoms with E-state index in [0.29, 0.717) is 6.42 Å². The van der Waals surface area contributed by atoms with Crippen LogP contribution < -0.4 is 4.74 Å². The molecule has 7 nitrogen and oxygen atoms in total. The summed E-state index contributed by atoms with van der Waals surface area (Å²) in [6.07, 6.45) is -4.54. The van der Waals surface area contributed by atoms with E-state index < -0.39 is 37.3 Å². The lowest BCUT2D eigenvalue weighted by atomic mass is 9.99. The Kier molecular flexibility index (Phi) is 5.85. The van der Waals surface area contributed by atoms with E-state index in [-0.39, 0.29) is 5.88 Å². The third-order valence-corrected chi connectivity index (χ3v) is 4.40. The second-order valence-electron chi connectivity index (χ2n) is 6.45. The van der Waals surface area contributed by atoms with Gasteiger partial charge in [-0.05, 0) is 18.6 Å². The van der Waals surface area contributed by atoms with Crippen molar-refractivity contribution in [2.45, 2.75) is 44.1 Å². The van der Waals surface area contributed by atoms with Gasteiger partial charge in [0.05, 0.1) is 6.61 Å². The summed E-state index contributed by atoms with van der Waals surface area (Å²) in [4.78, 5) is 4.20. The van der Waals surface area contributed by atoms with Crippen LogP contribution in [0.2, 0.25) is 0 Å². The molecule has 1 aromatic carbocycles. The number of hydrogen-bond acceptors (Lipinski definition) is 7. The van der Waals surface area contributed by atoms with E-state index in [4.69, 9.17) is 9.47 Å². The Morgan fingerprint density at radius 1 is 1.08 bits per heavy atom. The molecular weight excluding hydrogens is 338 g/mol. The fraction of sp³-hybridized carbons (Fsp3) is 0.421. The highest BCUT2D eigenvalue weighted by atomic mass is 16.7. The molecule has 2 aromatic rings. The molecule has 1 aliphatic heterocycles. The molecule has 0 saturated carbocycles. The highest BCUT2D eigenvalue weighted by molar-refractivity contribution is 5.33. The van der Waals surface area contributed by atoms with E-state index in [2.05, 4.69) is 11.1 Å². The number of aliphatic hydroxyl groups is 4. The van der Waals surface area contributed by atoms with Gasteiger partial charge in [-0.15, -0.1) is 0 Å². The third-order valence-electron chi connectivity index (χ3n) is 4.40. The molecule has 1 saturated heterocycles. The average molecular weight is 361 g/mol. The molecule has 0 spiro atoms. The molecule has 0 amide bonds. The van der Waals surface area contributed by atoms with Crippen molar-refractivity contribution in [2.75, 3.05) is 6.61 Å². The molecule has 0 bridgehead atoms. The molecule has 3 rings (SSSR count). The molecule has 140 valence electrons. The van der Waals surface area contributed by atoms with Crippen molar-refractivity contribution in [3.63, 3.8) is 0 Å². The third kappa shape index (κ3) is 4.03. The van der Waals surface area contributed by atoms with Gasteiger partial charge in [0.2, 0.25) is 12.2 Å². The molecule has 2 heterocycles. The average Bonchev–Trinajstić information content (AvgIpc) is 2.63. The van der Waals surface area contributed by atoms with Crippen molar-refractivity contribution >= 4 is 0 Å². The summed E-state index contributed by atoms with van der Waals surface area (Å²) in [5, 5.41) is 39.1. The van der Waals surface area contributed by atoms with E-state index in [9.17, 15) is 20.4 Å². The summed E-state index contributed by atoms with van der Waals surface area (Å²) in [5.41, 5.74) is 3.01. The lowest BCUT2D eigenvalue weighted by Crippen LogP contribution is -2.60. The van der Waals surface area contributed by atoms with Gasteiger partial charge in [-0.3, -0.25) is 0 Å². The fourth-order valence-corrected chi connectivity index (χ4v) is 2.98. The standard InChI is InChI=1S/C19H23NO6/c1-11-4-2-5-12(8-11)9-13-6-3-7-20-18(13)26-19-17(24)16(23)15(22)14(10-21)25-19/h2-8,14-17,19,21-24H,9-10H2,1H3/t14-,15-,16+,17-,19+/m1/s1. The predicted molar refractivity (Wildman–Crippen MR) is 92.6 cm³/mol. The zero-order chi connectivity index (χ0) is 18.7. The van der Waals surface area contributed by atoms with Crippen molar-refractivity contribution in [3.8, 4) is 5.88 Å². The normalized spacial score (nSPS) is 28.7. The second-order valence-corrected chi connectivity index (χ2v) is 6.45.